The van der Waals surface area contributed by atoms with E-state index in [1.165, 1.54) is 6.33 Å². The highest BCUT2D eigenvalue weighted by Gasteiger charge is 2.19. The molecule has 0 fully saturated rings. The van der Waals surface area contributed by atoms with E-state index in [9.17, 15) is 4.79 Å². The maximum atomic E-state index is 12.0. The maximum Gasteiger partial charge on any atom is 0.250 e. The topological polar surface area (TPSA) is 113 Å². The molecule has 0 aliphatic rings. The van der Waals surface area contributed by atoms with Crippen LogP contribution in [0.4, 0.5) is 0 Å². The van der Waals surface area contributed by atoms with Crippen molar-refractivity contribution < 1.29 is 4.79 Å². The zero-order valence-electron chi connectivity index (χ0n) is 13.2. The van der Waals surface area contributed by atoms with Crippen LogP contribution in [0.25, 0.3) is 33.7 Å². The van der Waals surface area contributed by atoms with Crippen LogP contribution < -0.4 is 5.73 Å². The highest BCUT2D eigenvalue weighted by Crippen LogP contribution is 2.33. The second-order valence-corrected chi connectivity index (χ2v) is 6.09. The monoisotopic (exact) mass is 352 g/mol. The van der Waals surface area contributed by atoms with Crippen LogP contribution in [0, 0.1) is 6.92 Å². The Balaban J connectivity index is 1.97. The van der Waals surface area contributed by atoms with Gasteiger partial charge in [0.2, 0.25) is 0 Å². The Morgan fingerprint density at radius 3 is 2.88 bits per heavy atom. The minimum Gasteiger partial charge on any atom is -0.366 e. The summed E-state index contributed by atoms with van der Waals surface area (Å²) >= 11 is 6.12. The van der Waals surface area contributed by atoms with Gasteiger partial charge in [-0.2, -0.15) is 5.10 Å². The number of aryl methyl sites for hydroxylation is 1. The van der Waals surface area contributed by atoms with Gasteiger partial charge < -0.3 is 10.7 Å². The second kappa shape index (κ2) is 5.71. The third kappa shape index (κ3) is 2.54. The molecular weight excluding hydrogens is 340 g/mol. The van der Waals surface area contributed by atoms with Crippen LogP contribution in [0.1, 0.15) is 15.9 Å². The molecule has 4 rings (SSSR count). The summed E-state index contributed by atoms with van der Waals surface area (Å²) in [5.41, 5.74) is 10.2. The molecule has 0 aliphatic heterocycles. The normalized spacial score (nSPS) is 11.1. The predicted molar refractivity (Wildman–Crippen MR) is 95.2 cm³/mol. The third-order valence-electron chi connectivity index (χ3n) is 4.06. The summed E-state index contributed by atoms with van der Waals surface area (Å²) in [6, 6.07) is 7.18. The van der Waals surface area contributed by atoms with Gasteiger partial charge in [-0.25, -0.2) is 9.97 Å². The molecule has 4 N–H and O–H groups in total. The zero-order chi connectivity index (χ0) is 17.6. The molecule has 0 unspecified atom stereocenters. The molecule has 8 heteroatoms. The zero-order valence-corrected chi connectivity index (χ0v) is 13.9. The Kier molecular flexibility index (Phi) is 3.51. The number of carbonyl (C=O) groups excluding carboxylic acids is 1. The van der Waals surface area contributed by atoms with Gasteiger partial charge in [0.15, 0.2) is 5.65 Å². The Morgan fingerprint density at radius 2 is 2.08 bits per heavy atom. The number of nitrogens with two attached hydrogens (primary N) is 1. The lowest BCUT2D eigenvalue weighted by Gasteiger charge is -2.06. The molecule has 0 saturated carbocycles. The fourth-order valence-corrected chi connectivity index (χ4v) is 3.00. The summed E-state index contributed by atoms with van der Waals surface area (Å²) < 4.78 is 0. The van der Waals surface area contributed by atoms with E-state index in [0.717, 1.165) is 16.5 Å². The van der Waals surface area contributed by atoms with Crippen LogP contribution in [0.2, 0.25) is 5.02 Å². The molecule has 1 aromatic carbocycles. The van der Waals surface area contributed by atoms with Gasteiger partial charge in [0.25, 0.3) is 5.91 Å². The van der Waals surface area contributed by atoms with Crippen LogP contribution in [0.5, 0.6) is 0 Å². The van der Waals surface area contributed by atoms with Crippen LogP contribution in [-0.4, -0.2) is 31.1 Å². The molecule has 0 spiro atoms. The van der Waals surface area contributed by atoms with Crippen molar-refractivity contribution in [2.75, 3.05) is 0 Å². The summed E-state index contributed by atoms with van der Waals surface area (Å²) in [5.74, 6) is -0.533. The van der Waals surface area contributed by atoms with Gasteiger partial charge in [-0.3, -0.25) is 9.89 Å². The number of nitrogens with zero attached hydrogens (tertiary/aromatic N) is 3. The number of aromatic nitrogens is 5. The highest BCUT2D eigenvalue weighted by atomic mass is 35.5. The van der Waals surface area contributed by atoms with E-state index in [1.807, 2.05) is 13.0 Å². The van der Waals surface area contributed by atoms with E-state index < -0.39 is 5.91 Å². The van der Waals surface area contributed by atoms with Crippen LogP contribution >= 0.6 is 11.6 Å². The number of amides is 1. The molecule has 1 amide bonds. The van der Waals surface area contributed by atoms with E-state index in [1.54, 1.807) is 24.4 Å². The molecule has 0 radical (unpaired) electrons. The van der Waals surface area contributed by atoms with Gasteiger partial charge in [0.1, 0.15) is 12.0 Å². The molecule has 0 aliphatic carbocycles. The number of nitrogens with one attached hydrogen (secondary N) is 2. The number of hydrogen-bond donors (Lipinski definition) is 3. The summed E-state index contributed by atoms with van der Waals surface area (Å²) in [7, 11) is 0. The lowest BCUT2D eigenvalue weighted by Crippen LogP contribution is -2.11. The number of fused-ring (bicyclic) bond motifs is 1. The lowest BCUT2D eigenvalue weighted by molar-refractivity contribution is 0.100. The standard InChI is InChI=1S/C17H13ClN6O/c1-8-2-3-9(18)4-10(8)14-11(16(19)25)5-13(23-14)15-12-6-22-24-17(12)21-7-20-15/h2-7,23H,1H3,(H2,19,25)(H,20,21,22,24). The number of primary amides is 1. The van der Waals surface area contributed by atoms with Crippen molar-refractivity contribution >= 4 is 28.5 Å². The first-order chi connectivity index (χ1) is 12.0. The molecule has 0 saturated heterocycles. The minimum atomic E-state index is -0.533. The SMILES string of the molecule is Cc1ccc(Cl)cc1-c1[nH]c(-c2ncnc3[nH]ncc23)cc1C(N)=O. The largest absolute Gasteiger partial charge is 0.366 e. The maximum absolute atomic E-state index is 12.0. The van der Waals surface area contributed by atoms with Crippen molar-refractivity contribution in [3.05, 3.63) is 52.9 Å². The highest BCUT2D eigenvalue weighted by molar-refractivity contribution is 6.31. The van der Waals surface area contributed by atoms with E-state index >= 15 is 0 Å². The van der Waals surface area contributed by atoms with Crippen LogP contribution in [0.3, 0.4) is 0 Å². The first-order valence-electron chi connectivity index (χ1n) is 7.48. The van der Waals surface area contributed by atoms with Gasteiger partial charge in [-0.15, -0.1) is 0 Å². The number of benzene rings is 1. The van der Waals surface area contributed by atoms with Crippen molar-refractivity contribution in [1.29, 1.82) is 0 Å². The fourth-order valence-electron chi connectivity index (χ4n) is 2.83. The Bertz CT molecular complexity index is 1110. The summed E-state index contributed by atoms with van der Waals surface area (Å²) in [6.07, 6.45) is 3.07. The van der Waals surface area contributed by atoms with Crippen LogP contribution in [-0.2, 0) is 0 Å². The molecule has 0 bridgehead atoms. The molecule has 124 valence electrons. The fraction of sp³-hybridized carbons (Fsp3) is 0.0588. The summed E-state index contributed by atoms with van der Waals surface area (Å²) in [5, 5.41) is 8.10. The quantitative estimate of drug-likeness (QED) is 0.525. The molecule has 3 aromatic heterocycles. The smallest absolute Gasteiger partial charge is 0.250 e. The molecule has 25 heavy (non-hydrogen) atoms. The first-order valence-corrected chi connectivity index (χ1v) is 7.86. The summed E-state index contributed by atoms with van der Waals surface area (Å²) in [4.78, 5) is 23.7. The van der Waals surface area contributed by atoms with Crippen molar-refractivity contribution in [2.45, 2.75) is 6.92 Å². The number of H-pyrrole nitrogens is 2. The molecular formula is C17H13ClN6O. The number of aromatic amines is 2. The van der Waals surface area contributed by atoms with Gasteiger partial charge in [0, 0.05) is 10.6 Å². The second-order valence-electron chi connectivity index (χ2n) is 5.65. The molecule has 7 nitrogen and oxygen atoms in total. The number of rotatable bonds is 3. The third-order valence-corrected chi connectivity index (χ3v) is 4.29. The van der Waals surface area contributed by atoms with E-state index in [-0.39, 0.29) is 0 Å². The summed E-state index contributed by atoms with van der Waals surface area (Å²) in [6.45, 7) is 1.94. The van der Waals surface area contributed by atoms with Gasteiger partial charge in [-0.1, -0.05) is 17.7 Å². The first kappa shape index (κ1) is 15.3. The van der Waals surface area contributed by atoms with Gasteiger partial charge in [-0.05, 0) is 30.7 Å². The van der Waals surface area contributed by atoms with Crippen LogP contribution in [0.15, 0.2) is 36.8 Å². The number of halogens is 1. The van der Waals surface area contributed by atoms with Gasteiger partial charge in [0.05, 0.1) is 28.5 Å². The van der Waals surface area contributed by atoms with E-state index in [0.29, 0.717) is 33.3 Å². The minimum absolute atomic E-state index is 0.371. The van der Waals surface area contributed by atoms with Crippen molar-refractivity contribution in [3.63, 3.8) is 0 Å². The molecule has 0 atom stereocenters. The Morgan fingerprint density at radius 1 is 1.24 bits per heavy atom. The van der Waals surface area contributed by atoms with Crippen molar-refractivity contribution in [1.82, 2.24) is 25.1 Å². The van der Waals surface area contributed by atoms with Crippen molar-refractivity contribution in [2.24, 2.45) is 5.73 Å². The Hall–Kier alpha value is -3.19. The van der Waals surface area contributed by atoms with Crippen molar-refractivity contribution in [3.8, 4) is 22.6 Å². The van der Waals surface area contributed by atoms with E-state index in [4.69, 9.17) is 17.3 Å². The number of hydrogen-bond acceptors (Lipinski definition) is 4. The molecule has 3 heterocycles. The Labute approximate surface area is 147 Å². The number of carbonyl (C=O) groups is 1. The average Bonchev–Trinajstić information content (AvgIpc) is 3.23. The average molecular weight is 353 g/mol. The van der Waals surface area contributed by atoms with Gasteiger partial charge >= 0.3 is 0 Å². The lowest BCUT2D eigenvalue weighted by atomic mass is 10.0. The van der Waals surface area contributed by atoms with E-state index in [2.05, 4.69) is 25.1 Å². The molecule has 4 aromatic rings. The predicted octanol–water partition coefficient (Wildman–Crippen LogP) is 3.08.